The zero-order valence-electron chi connectivity index (χ0n) is 16.5. The van der Waals surface area contributed by atoms with Crippen LogP contribution in [0, 0.1) is 6.92 Å². The van der Waals surface area contributed by atoms with E-state index in [1.165, 1.54) is 11.3 Å². The first kappa shape index (κ1) is 19.4. The summed E-state index contributed by atoms with van der Waals surface area (Å²) in [6.45, 7) is 8.73. The van der Waals surface area contributed by atoms with Crippen LogP contribution in [-0.4, -0.2) is 24.7 Å². The van der Waals surface area contributed by atoms with Crippen LogP contribution in [-0.2, 0) is 0 Å². The molecule has 0 saturated carbocycles. The lowest BCUT2D eigenvalue weighted by Crippen LogP contribution is -2.45. The molecule has 0 bridgehead atoms. The van der Waals surface area contributed by atoms with Gasteiger partial charge in [0.05, 0.1) is 16.8 Å². The number of carbonyl (C=O) groups is 1. The Kier molecular flexibility index (Phi) is 5.29. The molecule has 1 atom stereocenters. The van der Waals surface area contributed by atoms with Gasteiger partial charge < -0.3 is 4.90 Å². The van der Waals surface area contributed by atoms with Crippen LogP contribution in [0.4, 0.5) is 5.69 Å². The standard InChI is InChI=1S/C22H26ClN3O/c1-14-6-8-17(19(23)10-14)21(27)25-24-13-16-7-9-20-18(11-16)15(2)12-22(3,4)26(20)5/h6-11,13,15H,12H2,1-5H3,(H,25,27)/b24-13+. The quantitative estimate of drug-likeness (QED) is 0.589. The van der Waals surface area contributed by atoms with Crippen molar-refractivity contribution in [1.29, 1.82) is 0 Å². The van der Waals surface area contributed by atoms with Gasteiger partial charge in [0.15, 0.2) is 0 Å². The van der Waals surface area contributed by atoms with Gasteiger partial charge in [-0.3, -0.25) is 4.79 Å². The SMILES string of the molecule is Cc1ccc(C(=O)N/N=C/c2ccc3c(c2)C(C)CC(C)(C)N3C)c(Cl)c1. The van der Waals surface area contributed by atoms with Crippen molar-refractivity contribution in [2.45, 2.75) is 45.6 Å². The van der Waals surface area contributed by atoms with E-state index in [2.05, 4.69) is 55.4 Å². The highest BCUT2D eigenvalue weighted by atomic mass is 35.5. The number of benzene rings is 2. The first-order valence-electron chi connectivity index (χ1n) is 9.16. The van der Waals surface area contributed by atoms with Gasteiger partial charge in [-0.05, 0) is 74.1 Å². The molecule has 4 nitrogen and oxygen atoms in total. The van der Waals surface area contributed by atoms with Crippen LogP contribution in [0.2, 0.25) is 5.02 Å². The molecule has 3 rings (SSSR count). The van der Waals surface area contributed by atoms with Gasteiger partial charge in [0.25, 0.3) is 5.91 Å². The molecule has 0 spiro atoms. The van der Waals surface area contributed by atoms with Gasteiger partial charge >= 0.3 is 0 Å². The summed E-state index contributed by atoms with van der Waals surface area (Å²) in [6.07, 6.45) is 2.77. The number of hydrazone groups is 1. The predicted octanol–water partition coefficient (Wildman–Crippen LogP) is 5.13. The Labute approximate surface area is 166 Å². The van der Waals surface area contributed by atoms with E-state index in [9.17, 15) is 4.79 Å². The smallest absolute Gasteiger partial charge is 0.272 e. The van der Waals surface area contributed by atoms with Crippen molar-refractivity contribution >= 4 is 29.4 Å². The molecule has 2 aromatic carbocycles. The number of nitrogens with zero attached hydrogens (tertiary/aromatic N) is 2. The van der Waals surface area contributed by atoms with Crippen LogP contribution in [0.25, 0.3) is 0 Å². The van der Waals surface area contributed by atoms with E-state index < -0.39 is 0 Å². The van der Waals surface area contributed by atoms with E-state index >= 15 is 0 Å². The molecule has 0 saturated heterocycles. The molecule has 27 heavy (non-hydrogen) atoms. The number of nitrogens with one attached hydrogen (secondary N) is 1. The Morgan fingerprint density at radius 2 is 2.04 bits per heavy atom. The molecule has 1 heterocycles. The highest BCUT2D eigenvalue weighted by Gasteiger charge is 2.33. The number of amides is 1. The Morgan fingerprint density at radius 1 is 1.30 bits per heavy atom. The fraction of sp³-hybridized carbons (Fsp3) is 0.364. The van der Waals surface area contributed by atoms with Crippen molar-refractivity contribution in [1.82, 2.24) is 5.43 Å². The number of halogens is 1. The topological polar surface area (TPSA) is 44.7 Å². The third kappa shape index (κ3) is 4.01. The van der Waals surface area contributed by atoms with Crippen molar-refractivity contribution in [2.24, 2.45) is 5.10 Å². The van der Waals surface area contributed by atoms with Gasteiger partial charge in [0.2, 0.25) is 0 Å². The van der Waals surface area contributed by atoms with E-state index in [0.29, 0.717) is 16.5 Å². The Balaban J connectivity index is 1.75. The largest absolute Gasteiger partial charge is 0.369 e. The van der Waals surface area contributed by atoms with E-state index in [0.717, 1.165) is 17.5 Å². The predicted molar refractivity (Wildman–Crippen MR) is 113 cm³/mol. The minimum atomic E-state index is -0.316. The van der Waals surface area contributed by atoms with Crippen molar-refractivity contribution in [3.8, 4) is 0 Å². The molecule has 2 aromatic rings. The normalized spacial score (nSPS) is 18.4. The van der Waals surface area contributed by atoms with Crippen LogP contribution in [0.1, 0.15) is 60.2 Å². The van der Waals surface area contributed by atoms with Gasteiger partial charge in [-0.25, -0.2) is 5.43 Å². The van der Waals surface area contributed by atoms with Crippen LogP contribution in [0.3, 0.4) is 0 Å². The summed E-state index contributed by atoms with van der Waals surface area (Å²) in [5.74, 6) is 0.157. The Hall–Kier alpha value is -2.33. The Bertz CT molecular complexity index is 904. The van der Waals surface area contributed by atoms with Crippen molar-refractivity contribution < 1.29 is 4.79 Å². The first-order chi connectivity index (χ1) is 12.7. The van der Waals surface area contributed by atoms with Crippen LogP contribution < -0.4 is 10.3 Å². The van der Waals surface area contributed by atoms with Crippen LogP contribution in [0.15, 0.2) is 41.5 Å². The van der Waals surface area contributed by atoms with E-state index in [1.807, 2.05) is 19.1 Å². The fourth-order valence-corrected chi connectivity index (χ4v) is 4.03. The molecule has 1 aliphatic heterocycles. The molecule has 0 fully saturated rings. The summed E-state index contributed by atoms with van der Waals surface area (Å²) in [5, 5.41) is 4.53. The van der Waals surface area contributed by atoms with Gasteiger partial charge in [-0.15, -0.1) is 0 Å². The lowest BCUT2D eigenvalue weighted by molar-refractivity contribution is 0.0955. The fourth-order valence-electron chi connectivity index (χ4n) is 3.71. The lowest BCUT2D eigenvalue weighted by Gasteiger charge is -2.45. The zero-order valence-corrected chi connectivity index (χ0v) is 17.3. The summed E-state index contributed by atoms with van der Waals surface area (Å²) in [6, 6.07) is 11.6. The molecular weight excluding hydrogens is 358 g/mol. The van der Waals surface area contributed by atoms with E-state index in [1.54, 1.807) is 18.3 Å². The molecule has 0 aliphatic carbocycles. The number of aryl methyl sites for hydroxylation is 1. The number of rotatable bonds is 3. The van der Waals surface area contributed by atoms with Gasteiger partial charge in [-0.1, -0.05) is 30.7 Å². The molecule has 142 valence electrons. The molecule has 5 heteroatoms. The maximum Gasteiger partial charge on any atom is 0.272 e. The maximum absolute atomic E-state index is 12.3. The molecule has 1 N–H and O–H groups in total. The molecular formula is C22H26ClN3O. The Morgan fingerprint density at radius 3 is 2.74 bits per heavy atom. The number of anilines is 1. The number of hydrogen-bond donors (Lipinski definition) is 1. The third-order valence-corrected chi connectivity index (χ3v) is 5.72. The number of hydrogen-bond acceptors (Lipinski definition) is 3. The zero-order chi connectivity index (χ0) is 19.8. The maximum atomic E-state index is 12.3. The second-order valence-electron chi connectivity index (χ2n) is 7.98. The average Bonchev–Trinajstić information content (AvgIpc) is 2.59. The van der Waals surface area contributed by atoms with Crippen molar-refractivity contribution in [2.75, 3.05) is 11.9 Å². The lowest BCUT2D eigenvalue weighted by atomic mass is 9.80. The van der Waals surface area contributed by atoms with Crippen molar-refractivity contribution in [3.63, 3.8) is 0 Å². The number of fused-ring (bicyclic) bond motifs is 1. The molecule has 1 amide bonds. The highest BCUT2D eigenvalue weighted by Crippen LogP contribution is 2.42. The third-order valence-electron chi connectivity index (χ3n) is 5.41. The summed E-state index contributed by atoms with van der Waals surface area (Å²) in [5.41, 5.74) is 7.66. The summed E-state index contributed by atoms with van der Waals surface area (Å²) >= 11 is 6.14. The van der Waals surface area contributed by atoms with Gasteiger partial charge in [0.1, 0.15) is 0 Å². The highest BCUT2D eigenvalue weighted by molar-refractivity contribution is 6.33. The van der Waals surface area contributed by atoms with Crippen molar-refractivity contribution in [3.05, 3.63) is 63.7 Å². The van der Waals surface area contributed by atoms with Gasteiger partial charge in [0, 0.05) is 18.3 Å². The minimum Gasteiger partial charge on any atom is -0.369 e. The summed E-state index contributed by atoms with van der Waals surface area (Å²) < 4.78 is 0. The molecule has 0 radical (unpaired) electrons. The van der Waals surface area contributed by atoms with Gasteiger partial charge in [-0.2, -0.15) is 5.10 Å². The van der Waals surface area contributed by atoms with E-state index in [-0.39, 0.29) is 11.4 Å². The molecule has 1 aliphatic rings. The van der Waals surface area contributed by atoms with Crippen LogP contribution >= 0.6 is 11.6 Å². The second-order valence-corrected chi connectivity index (χ2v) is 8.38. The first-order valence-corrected chi connectivity index (χ1v) is 9.54. The summed E-state index contributed by atoms with van der Waals surface area (Å²) in [4.78, 5) is 14.6. The van der Waals surface area contributed by atoms with E-state index in [4.69, 9.17) is 11.6 Å². The minimum absolute atomic E-state index is 0.142. The number of carbonyl (C=O) groups excluding carboxylic acids is 1. The molecule has 0 aromatic heterocycles. The van der Waals surface area contributed by atoms with Crippen LogP contribution in [0.5, 0.6) is 0 Å². The average molecular weight is 384 g/mol. The molecule has 1 unspecified atom stereocenters. The second kappa shape index (κ2) is 7.35. The monoisotopic (exact) mass is 383 g/mol. The summed E-state index contributed by atoms with van der Waals surface area (Å²) in [7, 11) is 2.14.